The van der Waals surface area contributed by atoms with Gasteiger partial charge in [-0.15, -0.1) is 0 Å². The number of hydrogen-bond acceptors (Lipinski definition) is 3. The molecule has 0 rings (SSSR count). The Hall–Kier alpha value is -0.570. The van der Waals surface area contributed by atoms with Gasteiger partial charge in [0, 0.05) is 6.04 Å². The van der Waals surface area contributed by atoms with E-state index in [0.29, 0.717) is 19.1 Å². The lowest BCUT2D eigenvalue weighted by atomic mass is 10.1. The van der Waals surface area contributed by atoms with Gasteiger partial charge in [-0.25, -0.2) is 0 Å². The molecule has 0 spiro atoms. The van der Waals surface area contributed by atoms with Crippen molar-refractivity contribution in [3.8, 4) is 0 Å². The number of carbonyl (C=O) groups is 1. The average Bonchev–Trinajstić information content (AvgIpc) is 2.28. The third kappa shape index (κ3) is 6.11. The van der Waals surface area contributed by atoms with Crippen LogP contribution in [0.15, 0.2) is 0 Å². The van der Waals surface area contributed by atoms with Crippen LogP contribution in [-0.2, 0) is 9.53 Å². The van der Waals surface area contributed by atoms with Crippen LogP contribution in [0, 0.1) is 0 Å². The minimum absolute atomic E-state index is 0.0489. The van der Waals surface area contributed by atoms with E-state index in [4.69, 9.17) is 4.74 Å². The third-order valence-electron chi connectivity index (χ3n) is 2.82. The Morgan fingerprint density at radius 2 is 1.75 bits per heavy atom. The van der Waals surface area contributed by atoms with Gasteiger partial charge in [-0.2, -0.15) is 0 Å². The largest absolute Gasteiger partial charge is 0.466 e. The monoisotopic (exact) mass is 229 g/mol. The van der Waals surface area contributed by atoms with Gasteiger partial charge in [-0.3, -0.25) is 4.79 Å². The number of carbonyl (C=O) groups excluding carboxylic acids is 1. The summed E-state index contributed by atoms with van der Waals surface area (Å²) in [5, 5.41) is 0. The van der Waals surface area contributed by atoms with Gasteiger partial charge in [0.2, 0.25) is 0 Å². The number of hydrogen-bond donors (Lipinski definition) is 0. The Bertz CT molecular complexity index is 179. The molecule has 0 aliphatic heterocycles. The van der Waals surface area contributed by atoms with Gasteiger partial charge in [-0.1, -0.05) is 34.1 Å². The summed E-state index contributed by atoms with van der Waals surface area (Å²) in [5.41, 5.74) is 0. The first-order valence-electron chi connectivity index (χ1n) is 6.59. The molecular weight excluding hydrogens is 202 g/mol. The molecule has 0 aliphatic carbocycles. The fourth-order valence-corrected chi connectivity index (χ4v) is 1.95. The van der Waals surface area contributed by atoms with Gasteiger partial charge in [0.15, 0.2) is 0 Å². The zero-order valence-electron chi connectivity index (χ0n) is 11.3. The number of esters is 1. The molecule has 1 unspecified atom stereocenters. The standard InChI is InChI=1S/C13H27NO2/c1-5-9-12(14(7-3)8-4)11-13(15)16-10-6-2/h12H,5-11H2,1-4H3. The Kier molecular flexibility index (Phi) is 9.30. The zero-order valence-corrected chi connectivity index (χ0v) is 11.3. The highest BCUT2D eigenvalue weighted by molar-refractivity contribution is 5.70. The summed E-state index contributed by atoms with van der Waals surface area (Å²) in [6.07, 6.45) is 3.62. The molecule has 3 nitrogen and oxygen atoms in total. The van der Waals surface area contributed by atoms with Crippen molar-refractivity contribution in [3.05, 3.63) is 0 Å². The van der Waals surface area contributed by atoms with Crippen LogP contribution in [0.25, 0.3) is 0 Å². The van der Waals surface area contributed by atoms with Gasteiger partial charge in [0.1, 0.15) is 0 Å². The molecule has 0 aromatic rings. The predicted molar refractivity (Wildman–Crippen MR) is 67.5 cm³/mol. The summed E-state index contributed by atoms with van der Waals surface area (Å²) < 4.78 is 5.14. The first kappa shape index (κ1) is 15.4. The van der Waals surface area contributed by atoms with Crippen LogP contribution < -0.4 is 0 Å². The van der Waals surface area contributed by atoms with Crippen LogP contribution in [-0.4, -0.2) is 36.6 Å². The molecule has 0 bridgehead atoms. The minimum atomic E-state index is -0.0489. The predicted octanol–water partition coefficient (Wildman–Crippen LogP) is 2.84. The van der Waals surface area contributed by atoms with E-state index >= 15 is 0 Å². The van der Waals surface area contributed by atoms with Crippen LogP contribution in [0.4, 0.5) is 0 Å². The minimum Gasteiger partial charge on any atom is -0.466 e. The molecule has 16 heavy (non-hydrogen) atoms. The van der Waals surface area contributed by atoms with E-state index < -0.39 is 0 Å². The zero-order chi connectivity index (χ0) is 12.4. The number of nitrogens with zero attached hydrogens (tertiary/aromatic N) is 1. The van der Waals surface area contributed by atoms with Crippen molar-refractivity contribution in [1.29, 1.82) is 0 Å². The molecular formula is C13H27NO2. The third-order valence-corrected chi connectivity index (χ3v) is 2.82. The molecule has 0 amide bonds. The Balaban J connectivity index is 4.14. The normalized spacial score (nSPS) is 12.8. The van der Waals surface area contributed by atoms with E-state index in [2.05, 4.69) is 25.7 Å². The van der Waals surface area contributed by atoms with Crippen LogP contribution in [0.1, 0.15) is 53.4 Å². The van der Waals surface area contributed by atoms with E-state index in [9.17, 15) is 4.79 Å². The summed E-state index contributed by atoms with van der Waals surface area (Å²) in [6.45, 7) is 11.0. The van der Waals surface area contributed by atoms with Crippen molar-refractivity contribution in [2.24, 2.45) is 0 Å². The second-order valence-electron chi connectivity index (χ2n) is 4.09. The molecule has 0 aromatic carbocycles. The van der Waals surface area contributed by atoms with E-state index in [-0.39, 0.29) is 5.97 Å². The highest BCUT2D eigenvalue weighted by Crippen LogP contribution is 2.11. The van der Waals surface area contributed by atoms with E-state index in [1.54, 1.807) is 0 Å². The summed E-state index contributed by atoms with van der Waals surface area (Å²) in [4.78, 5) is 13.9. The molecule has 0 aromatic heterocycles. The highest BCUT2D eigenvalue weighted by Gasteiger charge is 2.19. The van der Waals surface area contributed by atoms with Crippen molar-refractivity contribution in [3.63, 3.8) is 0 Å². The quantitative estimate of drug-likeness (QED) is 0.569. The van der Waals surface area contributed by atoms with Gasteiger partial charge in [-0.05, 0) is 25.9 Å². The van der Waals surface area contributed by atoms with Crippen molar-refractivity contribution in [2.45, 2.75) is 59.4 Å². The first-order chi connectivity index (χ1) is 7.69. The summed E-state index contributed by atoms with van der Waals surface area (Å²) in [5.74, 6) is -0.0489. The van der Waals surface area contributed by atoms with E-state index in [1.807, 2.05) is 6.92 Å². The topological polar surface area (TPSA) is 29.5 Å². The second-order valence-corrected chi connectivity index (χ2v) is 4.09. The smallest absolute Gasteiger partial charge is 0.307 e. The first-order valence-corrected chi connectivity index (χ1v) is 6.59. The Morgan fingerprint density at radius 1 is 1.12 bits per heavy atom. The van der Waals surface area contributed by atoms with E-state index in [0.717, 1.165) is 32.4 Å². The SMILES string of the molecule is CCCOC(=O)CC(CCC)N(CC)CC. The van der Waals surface area contributed by atoms with Gasteiger partial charge in [0.05, 0.1) is 13.0 Å². The lowest BCUT2D eigenvalue weighted by molar-refractivity contribution is -0.145. The number of rotatable bonds is 9. The van der Waals surface area contributed by atoms with Crippen molar-refractivity contribution >= 4 is 5.97 Å². The van der Waals surface area contributed by atoms with Crippen molar-refractivity contribution in [2.75, 3.05) is 19.7 Å². The van der Waals surface area contributed by atoms with Gasteiger partial charge >= 0.3 is 5.97 Å². The summed E-state index contributed by atoms with van der Waals surface area (Å²) in [6, 6.07) is 0.351. The van der Waals surface area contributed by atoms with Crippen LogP contribution in [0.2, 0.25) is 0 Å². The molecule has 0 saturated carbocycles. The molecule has 1 atom stereocenters. The molecule has 96 valence electrons. The van der Waals surface area contributed by atoms with Crippen LogP contribution in [0.5, 0.6) is 0 Å². The molecule has 0 radical (unpaired) electrons. The average molecular weight is 229 g/mol. The molecule has 0 fully saturated rings. The summed E-state index contributed by atoms with van der Waals surface area (Å²) in [7, 11) is 0. The number of ether oxygens (including phenoxy) is 1. The van der Waals surface area contributed by atoms with Crippen molar-refractivity contribution < 1.29 is 9.53 Å². The van der Waals surface area contributed by atoms with Crippen LogP contribution >= 0.6 is 0 Å². The molecule has 0 aliphatic rings. The van der Waals surface area contributed by atoms with E-state index in [1.165, 1.54) is 0 Å². The molecule has 3 heteroatoms. The Morgan fingerprint density at radius 3 is 2.19 bits per heavy atom. The maximum atomic E-state index is 11.6. The fourth-order valence-electron chi connectivity index (χ4n) is 1.95. The molecule has 0 heterocycles. The van der Waals surface area contributed by atoms with Gasteiger partial charge in [0.25, 0.3) is 0 Å². The maximum absolute atomic E-state index is 11.6. The fraction of sp³-hybridized carbons (Fsp3) is 0.923. The van der Waals surface area contributed by atoms with Gasteiger partial charge < -0.3 is 9.64 Å². The second kappa shape index (κ2) is 9.64. The lowest BCUT2D eigenvalue weighted by Crippen LogP contribution is -2.37. The highest BCUT2D eigenvalue weighted by atomic mass is 16.5. The summed E-state index contributed by atoms with van der Waals surface area (Å²) >= 11 is 0. The Labute approximate surface area is 100 Å². The van der Waals surface area contributed by atoms with Crippen molar-refractivity contribution in [1.82, 2.24) is 4.90 Å². The molecule has 0 N–H and O–H groups in total. The maximum Gasteiger partial charge on any atom is 0.307 e. The molecule has 0 saturated heterocycles. The lowest BCUT2D eigenvalue weighted by Gasteiger charge is -2.28. The van der Waals surface area contributed by atoms with Crippen LogP contribution in [0.3, 0.4) is 0 Å².